The Labute approximate surface area is 100 Å². The summed E-state index contributed by atoms with van der Waals surface area (Å²) in [7, 11) is 1.78. The minimum absolute atomic E-state index is 0.456. The first-order valence-corrected chi connectivity index (χ1v) is 6.04. The number of fused-ring (bicyclic) bond motifs is 1. The zero-order valence-corrected chi connectivity index (χ0v) is 9.94. The van der Waals surface area contributed by atoms with Crippen LogP contribution in [-0.4, -0.2) is 29.2 Å². The van der Waals surface area contributed by atoms with Crippen LogP contribution in [0.3, 0.4) is 0 Å². The molecule has 0 aromatic carbocycles. The fraction of sp³-hybridized carbons (Fsp3) is 0.462. The van der Waals surface area contributed by atoms with Gasteiger partial charge in [-0.2, -0.15) is 0 Å². The van der Waals surface area contributed by atoms with Gasteiger partial charge >= 0.3 is 0 Å². The van der Waals surface area contributed by atoms with E-state index >= 15 is 0 Å². The monoisotopic (exact) mass is 231 g/mol. The molecular weight excluding hydrogens is 214 g/mol. The smallest absolute Gasteiger partial charge is 0.137 e. The first-order chi connectivity index (χ1) is 8.36. The molecule has 1 aliphatic carbocycles. The third-order valence-corrected chi connectivity index (χ3v) is 3.55. The van der Waals surface area contributed by atoms with Crippen LogP contribution in [-0.2, 0) is 11.3 Å². The number of H-pyrrole nitrogens is 1. The summed E-state index contributed by atoms with van der Waals surface area (Å²) in [5, 5.41) is 4.76. The van der Waals surface area contributed by atoms with Crippen molar-refractivity contribution in [2.45, 2.75) is 31.5 Å². The maximum absolute atomic E-state index is 5.27. The number of rotatable bonds is 4. The highest BCUT2D eigenvalue weighted by molar-refractivity contribution is 5.79. The van der Waals surface area contributed by atoms with Crippen molar-refractivity contribution in [1.29, 1.82) is 0 Å². The van der Waals surface area contributed by atoms with E-state index in [0.29, 0.717) is 12.1 Å². The molecule has 0 atom stereocenters. The van der Waals surface area contributed by atoms with Crippen LogP contribution < -0.4 is 5.32 Å². The molecule has 90 valence electrons. The lowest BCUT2D eigenvalue weighted by molar-refractivity contribution is 0.0170. The molecular formula is C13H17N3O. The number of nitrogens with one attached hydrogen (secondary N) is 2. The Morgan fingerprint density at radius 1 is 1.53 bits per heavy atom. The van der Waals surface area contributed by atoms with Crippen molar-refractivity contribution in [2.75, 3.05) is 7.11 Å². The lowest BCUT2D eigenvalue weighted by Gasteiger charge is -2.34. The van der Waals surface area contributed by atoms with Crippen molar-refractivity contribution < 1.29 is 4.74 Å². The minimum atomic E-state index is 0.456. The van der Waals surface area contributed by atoms with Crippen LogP contribution in [0.5, 0.6) is 0 Å². The molecule has 3 rings (SSSR count). The molecule has 4 heteroatoms. The fourth-order valence-electron chi connectivity index (χ4n) is 2.34. The molecule has 0 unspecified atom stereocenters. The normalized spacial score (nSPS) is 23.8. The van der Waals surface area contributed by atoms with Crippen molar-refractivity contribution in [3.63, 3.8) is 0 Å². The van der Waals surface area contributed by atoms with Crippen LogP contribution in [0, 0.1) is 0 Å². The molecule has 4 nitrogen and oxygen atoms in total. The van der Waals surface area contributed by atoms with Gasteiger partial charge in [-0.05, 0) is 30.5 Å². The number of methoxy groups -OCH3 is 1. The molecule has 0 spiro atoms. The van der Waals surface area contributed by atoms with Crippen molar-refractivity contribution in [1.82, 2.24) is 15.3 Å². The Bertz CT molecular complexity index is 502. The third kappa shape index (κ3) is 2.06. The molecule has 2 heterocycles. The topological polar surface area (TPSA) is 49.9 Å². The molecule has 2 aromatic heterocycles. The van der Waals surface area contributed by atoms with Crippen molar-refractivity contribution in [3.05, 3.63) is 30.1 Å². The van der Waals surface area contributed by atoms with Crippen molar-refractivity contribution >= 4 is 11.0 Å². The van der Waals surface area contributed by atoms with Gasteiger partial charge in [-0.15, -0.1) is 0 Å². The molecule has 0 radical (unpaired) electrons. The summed E-state index contributed by atoms with van der Waals surface area (Å²) in [4.78, 5) is 7.48. The number of nitrogens with zero attached hydrogens (tertiary/aromatic N) is 1. The summed E-state index contributed by atoms with van der Waals surface area (Å²) in [6.45, 7) is 0.896. The summed E-state index contributed by atoms with van der Waals surface area (Å²) in [5.41, 5.74) is 2.25. The molecule has 1 fully saturated rings. The Kier molecular flexibility index (Phi) is 2.82. The first-order valence-electron chi connectivity index (χ1n) is 6.04. The highest BCUT2D eigenvalue weighted by Crippen LogP contribution is 2.23. The van der Waals surface area contributed by atoms with Crippen LogP contribution >= 0.6 is 0 Å². The van der Waals surface area contributed by atoms with Gasteiger partial charge < -0.3 is 15.0 Å². The molecule has 2 aromatic rings. The largest absolute Gasteiger partial charge is 0.381 e. The van der Waals surface area contributed by atoms with Gasteiger partial charge in [0, 0.05) is 37.5 Å². The van der Waals surface area contributed by atoms with E-state index in [4.69, 9.17) is 4.74 Å². The molecule has 0 bridgehead atoms. The van der Waals surface area contributed by atoms with E-state index in [1.165, 1.54) is 10.9 Å². The van der Waals surface area contributed by atoms with E-state index in [-0.39, 0.29) is 0 Å². The van der Waals surface area contributed by atoms with Gasteiger partial charge in [0.05, 0.1) is 6.10 Å². The Morgan fingerprint density at radius 3 is 3.24 bits per heavy atom. The predicted octanol–water partition coefficient (Wildman–Crippen LogP) is 1.83. The van der Waals surface area contributed by atoms with Gasteiger partial charge in [0.1, 0.15) is 5.65 Å². The first kappa shape index (κ1) is 10.7. The second kappa shape index (κ2) is 4.47. The Hall–Kier alpha value is -1.39. The van der Waals surface area contributed by atoms with E-state index in [2.05, 4.69) is 21.4 Å². The van der Waals surface area contributed by atoms with Gasteiger partial charge in [-0.1, -0.05) is 0 Å². The molecule has 0 amide bonds. The van der Waals surface area contributed by atoms with Crippen molar-refractivity contribution in [2.24, 2.45) is 0 Å². The zero-order chi connectivity index (χ0) is 11.7. The van der Waals surface area contributed by atoms with Gasteiger partial charge in [0.25, 0.3) is 0 Å². The summed E-state index contributed by atoms with van der Waals surface area (Å²) in [5.74, 6) is 0. The van der Waals surface area contributed by atoms with Gasteiger partial charge in [0.2, 0.25) is 0 Å². The van der Waals surface area contributed by atoms with Crippen molar-refractivity contribution in [3.8, 4) is 0 Å². The summed E-state index contributed by atoms with van der Waals surface area (Å²) in [6.07, 6.45) is 6.55. The highest BCUT2D eigenvalue weighted by Gasteiger charge is 2.28. The molecule has 0 aliphatic heterocycles. The van der Waals surface area contributed by atoms with E-state index in [0.717, 1.165) is 25.0 Å². The molecule has 17 heavy (non-hydrogen) atoms. The van der Waals surface area contributed by atoms with Crippen LogP contribution in [0.4, 0.5) is 0 Å². The maximum atomic E-state index is 5.27. The maximum Gasteiger partial charge on any atom is 0.137 e. The molecule has 1 aliphatic rings. The van der Waals surface area contributed by atoms with Gasteiger partial charge in [-0.3, -0.25) is 0 Å². The highest BCUT2D eigenvalue weighted by atomic mass is 16.5. The number of hydrogen-bond acceptors (Lipinski definition) is 3. The Balaban J connectivity index is 1.62. The Morgan fingerprint density at radius 2 is 2.41 bits per heavy atom. The second-order valence-corrected chi connectivity index (χ2v) is 4.62. The fourth-order valence-corrected chi connectivity index (χ4v) is 2.34. The lowest BCUT2D eigenvalue weighted by Crippen LogP contribution is -2.44. The number of aromatic amines is 1. The average Bonchev–Trinajstić information content (AvgIpc) is 2.71. The number of hydrogen-bond donors (Lipinski definition) is 2. The number of aromatic nitrogens is 2. The average molecular weight is 231 g/mol. The second-order valence-electron chi connectivity index (χ2n) is 4.62. The van der Waals surface area contributed by atoms with Crippen LogP contribution in [0.15, 0.2) is 24.5 Å². The summed E-state index contributed by atoms with van der Waals surface area (Å²) in [6, 6.07) is 4.68. The number of ether oxygens (including phenoxy) is 1. The van der Waals surface area contributed by atoms with Crippen LogP contribution in [0.1, 0.15) is 18.4 Å². The zero-order valence-electron chi connectivity index (χ0n) is 9.94. The predicted molar refractivity (Wildman–Crippen MR) is 66.8 cm³/mol. The molecule has 1 saturated carbocycles. The van der Waals surface area contributed by atoms with E-state index in [1.807, 2.05) is 18.5 Å². The third-order valence-electron chi connectivity index (χ3n) is 3.55. The molecule has 0 saturated heterocycles. The quantitative estimate of drug-likeness (QED) is 0.844. The number of pyridine rings is 1. The SMILES string of the molecule is COC1CC(NCc2c[nH]c3ncccc23)C1. The van der Waals surface area contributed by atoms with E-state index in [1.54, 1.807) is 7.11 Å². The van der Waals surface area contributed by atoms with Crippen LogP contribution in [0.2, 0.25) is 0 Å². The molecule has 2 N–H and O–H groups in total. The van der Waals surface area contributed by atoms with Gasteiger partial charge in [0.15, 0.2) is 0 Å². The van der Waals surface area contributed by atoms with E-state index in [9.17, 15) is 0 Å². The lowest BCUT2D eigenvalue weighted by atomic mass is 9.89. The van der Waals surface area contributed by atoms with Gasteiger partial charge in [-0.25, -0.2) is 4.98 Å². The summed E-state index contributed by atoms with van der Waals surface area (Å²) >= 11 is 0. The van der Waals surface area contributed by atoms with Crippen LogP contribution in [0.25, 0.3) is 11.0 Å². The minimum Gasteiger partial charge on any atom is -0.381 e. The standard InChI is InChI=1S/C13H17N3O/c1-17-11-5-10(6-11)15-7-9-8-16-13-12(9)3-2-4-14-13/h2-4,8,10-11,15H,5-7H2,1H3,(H,14,16). The summed E-state index contributed by atoms with van der Waals surface area (Å²) < 4.78 is 5.27. The van der Waals surface area contributed by atoms with E-state index < -0.39 is 0 Å².